The topological polar surface area (TPSA) is 55.1 Å². The van der Waals surface area contributed by atoms with Gasteiger partial charge in [0.1, 0.15) is 11.4 Å². The lowest BCUT2D eigenvalue weighted by molar-refractivity contribution is 0.102. The van der Waals surface area contributed by atoms with Crippen LogP contribution in [0.2, 0.25) is 0 Å². The molecule has 1 heterocycles. The molecule has 0 spiro atoms. The molecule has 0 aliphatic rings. The van der Waals surface area contributed by atoms with Gasteiger partial charge in [-0.2, -0.15) is 0 Å². The maximum absolute atomic E-state index is 13.3. The van der Waals surface area contributed by atoms with Gasteiger partial charge in [-0.15, -0.1) is 0 Å². The Bertz CT molecular complexity index is 677. The summed E-state index contributed by atoms with van der Waals surface area (Å²) < 4.78 is 18.6. The second kappa shape index (κ2) is 6.73. The molecule has 1 aromatic heterocycles. The molecule has 0 aliphatic carbocycles. The molecular formula is C17H21FN2O2. The summed E-state index contributed by atoms with van der Waals surface area (Å²) in [5.41, 5.74) is 2.21. The fourth-order valence-corrected chi connectivity index (χ4v) is 2.30. The van der Waals surface area contributed by atoms with Gasteiger partial charge in [-0.1, -0.05) is 32.3 Å². The van der Waals surface area contributed by atoms with Crippen LogP contribution in [0.25, 0.3) is 0 Å². The Morgan fingerprint density at radius 3 is 2.73 bits per heavy atom. The van der Waals surface area contributed by atoms with Crippen LogP contribution in [0.3, 0.4) is 0 Å². The summed E-state index contributed by atoms with van der Waals surface area (Å²) in [7, 11) is 0. The molecule has 118 valence electrons. The average Bonchev–Trinajstić information content (AvgIpc) is 2.87. The molecule has 4 nitrogen and oxygen atoms in total. The Labute approximate surface area is 129 Å². The van der Waals surface area contributed by atoms with Gasteiger partial charge in [0, 0.05) is 11.6 Å². The molecule has 0 saturated heterocycles. The zero-order valence-electron chi connectivity index (χ0n) is 13.4. The summed E-state index contributed by atoms with van der Waals surface area (Å²) in [5.74, 6) is 0.0884. The van der Waals surface area contributed by atoms with Gasteiger partial charge in [0.2, 0.25) is 0 Å². The molecule has 0 unspecified atom stereocenters. The summed E-state index contributed by atoms with van der Waals surface area (Å²) in [4.78, 5) is 12.6. The second-order valence-electron chi connectivity index (χ2n) is 5.69. The molecule has 1 amide bonds. The van der Waals surface area contributed by atoms with Crippen molar-refractivity contribution in [3.05, 3.63) is 46.6 Å². The smallest absolute Gasteiger partial charge is 0.261 e. The van der Waals surface area contributed by atoms with E-state index in [2.05, 4.69) is 10.5 Å². The van der Waals surface area contributed by atoms with E-state index in [0.29, 0.717) is 34.7 Å². The van der Waals surface area contributed by atoms with Gasteiger partial charge in [-0.25, -0.2) is 4.39 Å². The van der Waals surface area contributed by atoms with E-state index >= 15 is 0 Å². The number of carbonyl (C=O) groups is 1. The Kier molecular flexibility index (Phi) is 4.96. The fourth-order valence-electron chi connectivity index (χ4n) is 2.30. The van der Waals surface area contributed by atoms with Gasteiger partial charge < -0.3 is 9.84 Å². The zero-order valence-corrected chi connectivity index (χ0v) is 13.4. The highest BCUT2D eigenvalue weighted by molar-refractivity contribution is 6.05. The van der Waals surface area contributed by atoms with Crippen LogP contribution in [-0.4, -0.2) is 11.1 Å². The van der Waals surface area contributed by atoms with E-state index in [1.165, 1.54) is 6.07 Å². The molecule has 1 N–H and O–H groups in total. The van der Waals surface area contributed by atoms with Crippen molar-refractivity contribution < 1.29 is 13.7 Å². The Morgan fingerprint density at radius 2 is 2.14 bits per heavy atom. The normalized spacial score (nSPS) is 11.0. The van der Waals surface area contributed by atoms with Crippen LogP contribution in [-0.2, 0) is 6.42 Å². The third-order valence-electron chi connectivity index (χ3n) is 3.44. The van der Waals surface area contributed by atoms with E-state index in [9.17, 15) is 9.18 Å². The number of aryl methyl sites for hydroxylation is 2. The lowest BCUT2D eigenvalue weighted by Crippen LogP contribution is -2.16. The molecule has 0 fully saturated rings. The van der Waals surface area contributed by atoms with Crippen molar-refractivity contribution in [2.45, 2.75) is 46.5 Å². The molecular weight excluding hydrogens is 283 g/mol. The first-order chi connectivity index (χ1) is 10.4. The first-order valence-electron chi connectivity index (χ1n) is 7.50. The molecule has 5 heteroatoms. The molecule has 0 saturated carbocycles. The molecule has 0 aliphatic heterocycles. The highest BCUT2D eigenvalue weighted by Crippen LogP contribution is 2.25. The SMILES string of the molecule is CCCc1noc(C(C)C)c1C(=O)Nc1ccc(F)c(C)c1. The molecule has 0 bridgehead atoms. The van der Waals surface area contributed by atoms with Crippen LogP contribution in [0.15, 0.2) is 22.7 Å². The van der Waals surface area contributed by atoms with E-state index in [-0.39, 0.29) is 17.6 Å². The number of nitrogens with zero attached hydrogens (tertiary/aromatic N) is 1. The second-order valence-corrected chi connectivity index (χ2v) is 5.69. The van der Waals surface area contributed by atoms with Crippen molar-refractivity contribution in [1.82, 2.24) is 5.16 Å². The molecule has 2 rings (SSSR count). The highest BCUT2D eigenvalue weighted by atomic mass is 19.1. The van der Waals surface area contributed by atoms with Crippen LogP contribution in [0.1, 0.15) is 60.5 Å². The number of benzene rings is 1. The van der Waals surface area contributed by atoms with E-state index < -0.39 is 0 Å². The minimum atomic E-state index is -0.294. The maximum Gasteiger partial charge on any atom is 0.261 e. The third-order valence-corrected chi connectivity index (χ3v) is 3.44. The van der Waals surface area contributed by atoms with Crippen LogP contribution < -0.4 is 5.32 Å². The van der Waals surface area contributed by atoms with Gasteiger partial charge in [-0.05, 0) is 37.1 Å². The van der Waals surface area contributed by atoms with Gasteiger partial charge in [-0.3, -0.25) is 4.79 Å². The van der Waals surface area contributed by atoms with Crippen molar-refractivity contribution >= 4 is 11.6 Å². The van der Waals surface area contributed by atoms with Crippen molar-refractivity contribution in [2.75, 3.05) is 5.32 Å². The van der Waals surface area contributed by atoms with Crippen molar-refractivity contribution in [2.24, 2.45) is 0 Å². The van der Waals surface area contributed by atoms with Gasteiger partial charge >= 0.3 is 0 Å². The number of halogens is 1. The zero-order chi connectivity index (χ0) is 16.3. The first kappa shape index (κ1) is 16.2. The number of nitrogens with one attached hydrogen (secondary N) is 1. The predicted molar refractivity (Wildman–Crippen MR) is 83.7 cm³/mol. The Morgan fingerprint density at radius 1 is 1.41 bits per heavy atom. The molecule has 2 aromatic rings. The minimum Gasteiger partial charge on any atom is -0.360 e. The van der Waals surface area contributed by atoms with Gasteiger partial charge in [0.15, 0.2) is 5.76 Å². The molecule has 22 heavy (non-hydrogen) atoms. The number of amides is 1. The largest absolute Gasteiger partial charge is 0.360 e. The lowest BCUT2D eigenvalue weighted by atomic mass is 10.0. The summed E-state index contributed by atoms with van der Waals surface area (Å²) >= 11 is 0. The first-order valence-corrected chi connectivity index (χ1v) is 7.50. The summed E-state index contributed by atoms with van der Waals surface area (Å²) in [6.07, 6.45) is 1.56. The number of rotatable bonds is 5. The van der Waals surface area contributed by atoms with Crippen molar-refractivity contribution in [1.29, 1.82) is 0 Å². The molecule has 1 aromatic carbocycles. The fraction of sp³-hybridized carbons (Fsp3) is 0.412. The van der Waals surface area contributed by atoms with Crippen LogP contribution in [0, 0.1) is 12.7 Å². The number of hydrogen-bond donors (Lipinski definition) is 1. The number of aromatic nitrogens is 1. The summed E-state index contributed by atoms with van der Waals surface area (Å²) in [6, 6.07) is 4.49. The highest BCUT2D eigenvalue weighted by Gasteiger charge is 2.24. The van der Waals surface area contributed by atoms with E-state index in [1.807, 2.05) is 20.8 Å². The average molecular weight is 304 g/mol. The molecule has 0 atom stereocenters. The van der Waals surface area contributed by atoms with E-state index in [0.717, 1.165) is 6.42 Å². The Hall–Kier alpha value is -2.17. The summed E-state index contributed by atoms with van der Waals surface area (Å²) in [6.45, 7) is 7.59. The van der Waals surface area contributed by atoms with Gasteiger partial charge in [0.25, 0.3) is 5.91 Å². The van der Waals surface area contributed by atoms with Crippen molar-refractivity contribution in [3.63, 3.8) is 0 Å². The van der Waals surface area contributed by atoms with E-state index in [1.54, 1.807) is 19.1 Å². The van der Waals surface area contributed by atoms with Crippen LogP contribution >= 0.6 is 0 Å². The van der Waals surface area contributed by atoms with Gasteiger partial charge in [0.05, 0.1) is 5.69 Å². The maximum atomic E-state index is 13.3. The standard InChI is InChI=1S/C17H21FN2O2/c1-5-6-14-15(16(10(2)3)22-20-14)17(21)19-12-7-8-13(18)11(4)9-12/h7-10H,5-6H2,1-4H3,(H,19,21). The quantitative estimate of drug-likeness (QED) is 0.887. The molecule has 0 radical (unpaired) electrons. The van der Waals surface area contributed by atoms with E-state index in [4.69, 9.17) is 4.52 Å². The van der Waals surface area contributed by atoms with Crippen molar-refractivity contribution in [3.8, 4) is 0 Å². The third kappa shape index (κ3) is 3.35. The Balaban J connectivity index is 2.31. The summed E-state index contributed by atoms with van der Waals surface area (Å²) in [5, 5.41) is 6.83. The number of carbonyl (C=O) groups excluding carboxylic acids is 1. The number of hydrogen-bond acceptors (Lipinski definition) is 3. The van der Waals surface area contributed by atoms with Crippen LogP contribution in [0.5, 0.6) is 0 Å². The van der Waals surface area contributed by atoms with Crippen LogP contribution in [0.4, 0.5) is 10.1 Å². The minimum absolute atomic E-state index is 0.0637. The predicted octanol–water partition coefficient (Wildman–Crippen LogP) is 4.45. The lowest BCUT2D eigenvalue weighted by Gasteiger charge is -2.09. The monoisotopic (exact) mass is 304 g/mol. The number of anilines is 1.